The van der Waals surface area contributed by atoms with E-state index in [1.165, 1.54) is 11.3 Å². The second-order valence-corrected chi connectivity index (χ2v) is 9.34. The normalized spacial score (nSPS) is 12.9. The van der Waals surface area contributed by atoms with Crippen LogP contribution in [0.15, 0.2) is 60.0 Å². The Labute approximate surface area is 213 Å². The van der Waals surface area contributed by atoms with E-state index in [0.29, 0.717) is 53.8 Å². The first-order valence-corrected chi connectivity index (χ1v) is 12.7. The van der Waals surface area contributed by atoms with Gasteiger partial charge in [-0.2, -0.15) is 0 Å². The maximum atomic E-state index is 13.9. The molecule has 0 aliphatic carbocycles. The molecule has 0 saturated carbocycles. The summed E-state index contributed by atoms with van der Waals surface area (Å²) in [5.41, 5.74) is 1.08. The molecular weight excluding hydrogens is 488 g/mol. The Balaban J connectivity index is 1.66. The monoisotopic (exact) mass is 514 g/mol. The molecule has 1 N–H and O–H groups in total. The number of fused-ring (bicyclic) bond motifs is 1. The quantitative estimate of drug-likeness (QED) is 0.362. The lowest BCUT2D eigenvalue weighted by molar-refractivity contribution is -0.126. The van der Waals surface area contributed by atoms with Gasteiger partial charge in [-0.05, 0) is 60.7 Å². The van der Waals surface area contributed by atoms with Crippen molar-refractivity contribution in [2.24, 2.45) is 0 Å². The summed E-state index contributed by atoms with van der Waals surface area (Å²) in [6, 6.07) is 15.1. The van der Waals surface area contributed by atoms with E-state index in [4.69, 9.17) is 25.8 Å². The SMILES string of the molecule is CCOCCCNC(=O)[C@H](c1ccc(Cl)cc1)N(Cc1cccs1)C(=O)c1ccc2c(c1)OCO2. The largest absolute Gasteiger partial charge is 0.454 e. The van der Waals surface area contributed by atoms with Crippen LogP contribution in [0, 0.1) is 0 Å². The number of carbonyl (C=O) groups excluding carboxylic acids is 2. The number of nitrogens with zero attached hydrogens (tertiary/aromatic N) is 1. The third kappa shape index (κ3) is 6.33. The lowest BCUT2D eigenvalue weighted by Gasteiger charge is -2.31. The molecule has 1 atom stereocenters. The molecule has 184 valence electrons. The number of hydrogen-bond donors (Lipinski definition) is 1. The Hall–Kier alpha value is -3.07. The molecular formula is C26H27ClN2O5S. The molecule has 0 unspecified atom stereocenters. The number of amides is 2. The fraction of sp³-hybridized carbons (Fsp3) is 0.308. The van der Waals surface area contributed by atoms with Crippen LogP contribution in [0.2, 0.25) is 5.02 Å². The zero-order valence-corrected chi connectivity index (χ0v) is 20.9. The Morgan fingerprint density at radius 3 is 2.69 bits per heavy atom. The molecule has 0 spiro atoms. The number of carbonyl (C=O) groups is 2. The van der Waals surface area contributed by atoms with Gasteiger partial charge in [0.2, 0.25) is 12.7 Å². The number of nitrogens with one attached hydrogen (secondary N) is 1. The Bertz CT molecular complexity index is 1140. The van der Waals surface area contributed by atoms with Crippen molar-refractivity contribution < 1.29 is 23.8 Å². The van der Waals surface area contributed by atoms with Gasteiger partial charge >= 0.3 is 0 Å². The van der Waals surface area contributed by atoms with Gasteiger partial charge in [0.25, 0.3) is 5.91 Å². The number of hydrogen-bond acceptors (Lipinski definition) is 6. The first kappa shape index (κ1) is 25.0. The molecule has 1 aliphatic heterocycles. The van der Waals surface area contributed by atoms with E-state index in [0.717, 1.165) is 4.88 Å². The van der Waals surface area contributed by atoms with Crippen LogP contribution in [0.1, 0.15) is 40.2 Å². The fourth-order valence-electron chi connectivity index (χ4n) is 3.79. The maximum Gasteiger partial charge on any atom is 0.255 e. The molecule has 0 fully saturated rings. The molecule has 3 aromatic rings. The van der Waals surface area contributed by atoms with Crippen LogP contribution in [0.25, 0.3) is 0 Å². The third-order valence-corrected chi connectivity index (χ3v) is 6.61. The van der Waals surface area contributed by atoms with Crippen LogP contribution in [0.4, 0.5) is 0 Å². The first-order chi connectivity index (χ1) is 17.1. The van der Waals surface area contributed by atoms with Crippen molar-refractivity contribution in [1.29, 1.82) is 0 Å². The molecule has 9 heteroatoms. The molecule has 35 heavy (non-hydrogen) atoms. The fourth-order valence-corrected chi connectivity index (χ4v) is 4.62. The lowest BCUT2D eigenvalue weighted by atomic mass is 10.0. The lowest BCUT2D eigenvalue weighted by Crippen LogP contribution is -2.43. The van der Waals surface area contributed by atoms with Gasteiger partial charge in [-0.15, -0.1) is 11.3 Å². The summed E-state index contributed by atoms with van der Waals surface area (Å²) in [5, 5.41) is 5.48. The van der Waals surface area contributed by atoms with Gasteiger partial charge in [0.05, 0.1) is 6.54 Å². The van der Waals surface area contributed by atoms with Crippen molar-refractivity contribution in [2.45, 2.75) is 25.9 Å². The molecule has 2 amide bonds. The van der Waals surface area contributed by atoms with Gasteiger partial charge in [-0.3, -0.25) is 9.59 Å². The number of benzene rings is 2. The van der Waals surface area contributed by atoms with Crippen LogP contribution in [-0.2, 0) is 16.1 Å². The molecule has 0 bridgehead atoms. The van der Waals surface area contributed by atoms with Crippen LogP contribution >= 0.6 is 22.9 Å². The highest BCUT2D eigenvalue weighted by Crippen LogP contribution is 2.34. The maximum absolute atomic E-state index is 13.9. The van der Waals surface area contributed by atoms with Crippen molar-refractivity contribution in [3.05, 3.63) is 81.0 Å². The summed E-state index contributed by atoms with van der Waals surface area (Å²) in [6.45, 7) is 3.93. The van der Waals surface area contributed by atoms with Gasteiger partial charge in [-0.25, -0.2) is 0 Å². The van der Waals surface area contributed by atoms with Gasteiger partial charge in [0.15, 0.2) is 11.5 Å². The predicted molar refractivity (Wildman–Crippen MR) is 135 cm³/mol. The van der Waals surface area contributed by atoms with Crippen LogP contribution in [0.3, 0.4) is 0 Å². The number of rotatable bonds is 11. The van der Waals surface area contributed by atoms with Crippen LogP contribution in [-0.4, -0.2) is 43.3 Å². The Morgan fingerprint density at radius 1 is 1.14 bits per heavy atom. The highest BCUT2D eigenvalue weighted by Gasteiger charge is 2.33. The highest BCUT2D eigenvalue weighted by molar-refractivity contribution is 7.09. The average molecular weight is 515 g/mol. The van der Waals surface area contributed by atoms with E-state index in [2.05, 4.69) is 5.32 Å². The summed E-state index contributed by atoms with van der Waals surface area (Å²) in [5.74, 6) is 0.540. The van der Waals surface area contributed by atoms with E-state index in [1.54, 1.807) is 47.4 Å². The van der Waals surface area contributed by atoms with E-state index < -0.39 is 6.04 Å². The summed E-state index contributed by atoms with van der Waals surface area (Å²) >= 11 is 7.65. The minimum atomic E-state index is -0.862. The molecule has 7 nitrogen and oxygen atoms in total. The predicted octanol–water partition coefficient (Wildman–Crippen LogP) is 5.06. The smallest absolute Gasteiger partial charge is 0.255 e. The van der Waals surface area contributed by atoms with Gasteiger partial charge in [0.1, 0.15) is 6.04 Å². The highest BCUT2D eigenvalue weighted by atomic mass is 35.5. The van der Waals surface area contributed by atoms with E-state index in [9.17, 15) is 9.59 Å². The minimum absolute atomic E-state index is 0.115. The Kier molecular flexibility index (Phi) is 8.63. The topological polar surface area (TPSA) is 77.1 Å². The number of ether oxygens (including phenoxy) is 3. The van der Waals surface area contributed by atoms with Crippen molar-refractivity contribution >= 4 is 34.8 Å². The average Bonchev–Trinajstić information content (AvgIpc) is 3.55. The van der Waals surface area contributed by atoms with Crippen molar-refractivity contribution in [3.8, 4) is 11.5 Å². The van der Waals surface area contributed by atoms with Crippen molar-refractivity contribution in [2.75, 3.05) is 26.6 Å². The number of halogens is 1. The molecule has 2 aromatic carbocycles. The summed E-state index contributed by atoms with van der Waals surface area (Å²) in [6.07, 6.45) is 0.675. The zero-order valence-electron chi connectivity index (χ0n) is 19.4. The second kappa shape index (κ2) is 12.1. The molecule has 4 rings (SSSR count). The zero-order chi connectivity index (χ0) is 24.6. The second-order valence-electron chi connectivity index (χ2n) is 7.88. The van der Waals surface area contributed by atoms with E-state index in [-0.39, 0.29) is 25.2 Å². The van der Waals surface area contributed by atoms with Crippen LogP contribution < -0.4 is 14.8 Å². The molecule has 0 saturated heterocycles. The van der Waals surface area contributed by atoms with Gasteiger partial charge < -0.3 is 24.4 Å². The first-order valence-electron chi connectivity index (χ1n) is 11.4. The van der Waals surface area contributed by atoms with Gasteiger partial charge in [0, 0.05) is 35.2 Å². The van der Waals surface area contributed by atoms with Crippen molar-refractivity contribution in [1.82, 2.24) is 10.2 Å². The molecule has 1 aromatic heterocycles. The standard InChI is InChI=1S/C26H27ClN2O5S/c1-2-32-13-4-12-28-25(30)24(18-6-9-20(27)10-7-18)29(16-21-5-3-14-35-21)26(31)19-8-11-22-23(15-19)34-17-33-22/h3,5-11,14-15,24H,2,4,12-13,16-17H2,1H3,(H,28,30)/t24-/m0/s1. The van der Waals surface area contributed by atoms with E-state index in [1.807, 2.05) is 24.4 Å². The van der Waals surface area contributed by atoms with Crippen molar-refractivity contribution in [3.63, 3.8) is 0 Å². The number of thiophene rings is 1. The molecule has 1 aliphatic rings. The summed E-state index contributed by atoms with van der Waals surface area (Å²) in [4.78, 5) is 30.0. The minimum Gasteiger partial charge on any atom is -0.454 e. The summed E-state index contributed by atoms with van der Waals surface area (Å²) < 4.78 is 16.2. The Morgan fingerprint density at radius 2 is 1.94 bits per heavy atom. The summed E-state index contributed by atoms with van der Waals surface area (Å²) in [7, 11) is 0. The van der Waals surface area contributed by atoms with Crippen LogP contribution in [0.5, 0.6) is 11.5 Å². The molecule has 0 radical (unpaired) electrons. The van der Waals surface area contributed by atoms with E-state index >= 15 is 0 Å². The third-order valence-electron chi connectivity index (χ3n) is 5.50. The van der Waals surface area contributed by atoms with Gasteiger partial charge in [-0.1, -0.05) is 29.8 Å². The molecule has 2 heterocycles.